The van der Waals surface area contributed by atoms with Crippen molar-refractivity contribution in [2.24, 2.45) is 10.7 Å². The van der Waals surface area contributed by atoms with E-state index < -0.39 is 11.4 Å². The number of nitrogens with one attached hydrogen (secondary N) is 1. The van der Waals surface area contributed by atoms with Crippen LogP contribution in [0.25, 0.3) is 0 Å². The summed E-state index contributed by atoms with van der Waals surface area (Å²) in [6.45, 7) is 1.80. The molecule has 84 valence electrons. The summed E-state index contributed by atoms with van der Waals surface area (Å²) in [7, 11) is 0. The van der Waals surface area contributed by atoms with Gasteiger partial charge in [0.15, 0.2) is 11.5 Å². The predicted molar refractivity (Wildman–Crippen MR) is 55.9 cm³/mol. The molecule has 1 amide bonds. The van der Waals surface area contributed by atoms with Crippen molar-refractivity contribution in [2.45, 2.75) is 18.9 Å². The molecule has 1 aromatic rings. The fourth-order valence-corrected chi connectivity index (χ4v) is 1.72. The zero-order chi connectivity index (χ0) is 11.8. The van der Waals surface area contributed by atoms with E-state index >= 15 is 0 Å². The highest BCUT2D eigenvalue weighted by atomic mass is 19.1. The monoisotopic (exact) mass is 222 g/mol. The number of rotatable bonds is 2. The van der Waals surface area contributed by atoms with Crippen LogP contribution in [0.15, 0.2) is 23.3 Å². The first kappa shape index (κ1) is 10.5. The van der Waals surface area contributed by atoms with Crippen molar-refractivity contribution in [3.8, 4) is 0 Å². The van der Waals surface area contributed by atoms with E-state index in [1.54, 1.807) is 6.92 Å². The third-order valence-electron chi connectivity index (χ3n) is 2.59. The van der Waals surface area contributed by atoms with Crippen molar-refractivity contribution < 1.29 is 9.18 Å². The normalized spacial score (nSPS) is 24.1. The zero-order valence-corrected chi connectivity index (χ0v) is 8.70. The number of carbonyl (C=O) groups excluding carboxylic acids is 1. The van der Waals surface area contributed by atoms with E-state index in [9.17, 15) is 9.18 Å². The Balaban J connectivity index is 2.50. The topological polar surface area (TPSA) is 80.4 Å². The number of pyridine rings is 1. The highest BCUT2D eigenvalue weighted by Gasteiger charge is 2.44. The average molecular weight is 222 g/mol. The second kappa shape index (κ2) is 3.55. The van der Waals surface area contributed by atoms with Crippen LogP contribution in [-0.2, 0) is 10.3 Å². The molecule has 2 rings (SSSR count). The number of guanidine groups is 1. The number of nitrogens with two attached hydrogens (primary N) is 1. The zero-order valence-electron chi connectivity index (χ0n) is 8.70. The van der Waals surface area contributed by atoms with Gasteiger partial charge in [-0.05, 0) is 18.6 Å². The summed E-state index contributed by atoms with van der Waals surface area (Å²) in [5, 5.41) is 2.43. The highest BCUT2D eigenvalue weighted by Crippen LogP contribution is 2.31. The minimum atomic E-state index is -1.11. The lowest BCUT2D eigenvalue weighted by Gasteiger charge is -2.20. The Bertz CT molecular complexity index is 456. The van der Waals surface area contributed by atoms with Gasteiger partial charge < -0.3 is 5.73 Å². The van der Waals surface area contributed by atoms with Gasteiger partial charge in [0.2, 0.25) is 0 Å². The smallest absolute Gasteiger partial charge is 0.260 e. The minimum Gasteiger partial charge on any atom is -0.370 e. The molecule has 5 nitrogen and oxygen atoms in total. The largest absolute Gasteiger partial charge is 0.370 e. The van der Waals surface area contributed by atoms with Gasteiger partial charge >= 0.3 is 0 Å². The predicted octanol–water partition coefficient (Wildman–Crippen LogP) is 0.270. The third-order valence-corrected chi connectivity index (χ3v) is 2.59. The van der Waals surface area contributed by atoms with Crippen LogP contribution in [0.4, 0.5) is 4.39 Å². The molecule has 1 unspecified atom stereocenters. The first-order valence-electron chi connectivity index (χ1n) is 4.87. The third kappa shape index (κ3) is 1.42. The van der Waals surface area contributed by atoms with Gasteiger partial charge in [0.1, 0.15) is 5.82 Å². The molecule has 16 heavy (non-hydrogen) atoms. The van der Waals surface area contributed by atoms with Gasteiger partial charge in [-0.2, -0.15) is 0 Å². The van der Waals surface area contributed by atoms with Crippen molar-refractivity contribution in [2.75, 3.05) is 0 Å². The lowest BCUT2D eigenvalue weighted by molar-refractivity contribution is -0.124. The van der Waals surface area contributed by atoms with Crippen molar-refractivity contribution in [1.29, 1.82) is 0 Å². The minimum absolute atomic E-state index is 0.0676. The van der Waals surface area contributed by atoms with E-state index in [1.165, 1.54) is 12.1 Å². The van der Waals surface area contributed by atoms with Gasteiger partial charge in [-0.3, -0.25) is 15.1 Å². The Labute approximate surface area is 91.6 Å². The summed E-state index contributed by atoms with van der Waals surface area (Å²) in [6, 6.07) is 2.69. The summed E-state index contributed by atoms with van der Waals surface area (Å²) in [6.07, 6.45) is 1.47. The summed E-state index contributed by atoms with van der Waals surface area (Å²) < 4.78 is 12.8. The molecule has 0 aliphatic carbocycles. The molecule has 0 saturated carbocycles. The highest BCUT2D eigenvalue weighted by molar-refractivity contribution is 6.06. The van der Waals surface area contributed by atoms with Crippen molar-refractivity contribution in [1.82, 2.24) is 10.3 Å². The van der Waals surface area contributed by atoms with Gasteiger partial charge in [-0.1, -0.05) is 6.92 Å². The van der Waals surface area contributed by atoms with E-state index in [-0.39, 0.29) is 11.9 Å². The molecule has 1 aliphatic heterocycles. The quantitative estimate of drug-likeness (QED) is 0.753. The summed E-state index contributed by atoms with van der Waals surface area (Å²) in [4.78, 5) is 19.7. The van der Waals surface area contributed by atoms with Gasteiger partial charge in [-0.15, -0.1) is 0 Å². The van der Waals surface area contributed by atoms with Crippen LogP contribution in [0.5, 0.6) is 0 Å². The van der Waals surface area contributed by atoms with Gasteiger partial charge in [-0.25, -0.2) is 9.38 Å². The van der Waals surface area contributed by atoms with E-state index in [2.05, 4.69) is 15.3 Å². The molecule has 0 fully saturated rings. The average Bonchev–Trinajstić information content (AvgIpc) is 2.55. The van der Waals surface area contributed by atoms with E-state index in [4.69, 9.17) is 5.73 Å². The van der Waals surface area contributed by atoms with Crippen molar-refractivity contribution >= 4 is 11.9 Å². The molecule has 3 N–H and O–H groups in total. The molecule has 1 aliphatic rings. The first-order valence-corrected chi connectivity index (χ1v) is 4.87. The lowest BCUT2D eigenvalue weighted by atomic mass is 9.92. The SMILES string of the molecule is CCC1(c2ccc(F)cn2)N=C(N)NC1=O. The molecule has 0 spiro atoms. The fraction of sp³-hybridized carbons (Fsp3) is 0.300. The van der Waals surface area contributed by atoms with Crippen LogP contribution in [0.1, 0.15) is 19.0 Å². The van der Waals surface area contributed by atoms with Crippen LogP contribution in [0.3, 0.4) is 0 Å². The van der Waals surface area contributed by atoms with Gasteiger partial charge in [0.05, 0.1) is 11.9 Å². The molecule has 2 heterocycles. The summed E-state index contributed by atoms with van der Waals surface area (Å²) in [5.41, 5.74) is 4.74. The molecule has 1 atom stereocenters. The Morgan fingerprint density at radius 1 is 1.56 bits per heavy atom. The van der Waals surface area contributed by atoms with Crippen molar-refractivity contribution in [3.63, 3.8) is 0 Å². The molecule has 0 bridgehead atoms. The molecule has 6 heteroatoms. The van der Waals surface area contributed by atoms with E-state index in [0.717, 1.165) is 6.20 Å². The second-order valence-electron chi connectivity index (χ2n) is 3.53. The van der Waals surface area contributed by atoms with Gasteiger partial charge in [0, 0.05) is 0 Å². The molecule has 0 radical (unpaired) electrons. The molecular formula is C10H11FN4O. The van der Waals surface area contributed by atoms with Crippen LogP contribution in [-0.4, -0.2) is 16.9 Å². The molecule has 0 aromatic carbocycles. The number of halogens is 1. The Morgan fingerprint density at radius 2 is 2.31 bits per heavy atom. The first-order chi connectivity index (χ1) is 7.58. The number of nitrogens with zero attached hydrogens (tertiary/aromatic N) is 2. The number of aliphatic imine (C=N–C) groups is 1. The number of amides is 1. The Kier molecular flexibility index (Phi) is 2.34. The Morgan fingerprint density at radius 3 is 2.75 bits per heavy atom. The fourth-order valence-electron chi connectivity index (χ4n) is 1.72. The van der Waals surface area contributed by atoms with E-state index in [0.29, 0.717) is 12.1 Å². The second-order valence-corrected chi connectivity index (χ2v) is 3.53. The maximum Gasteiger partial charge on any atom is 0.260 e. The number of aromatic nitrogens is 1. The Hall–Kier alpha value is -1.98. The van der Waals surface area contributed by atoms with Crippen LogP contribution >= 0.6 is 0 Å². The van der Waals surface area contributed by atoms with E-state index in [1.807, 2.05) is 0 Å². The molecular weight excluding hydrogens is 211 g/mol. The number of hydrogen-bond acceptors (Lipinski definition) is 4. The summed E-state index contributed by atoms with van der Waals surface area (Å²) >= 11 is 0. The number of hydrogen-bond donors (Lipinski definition) is 2. The van der Waals surface area contributed by atoms with Gasteiger partial charge in [0.25, 0.3) is 5.91 Å². The summed E-state index contributed by atoms with van der Waals surface area (Å²) in [5.74, 6) is -0.713. The standard InChI is InChI=1S/C10H11FN4O/c1-2-10(8(16)14-9(12)15-10)7-4-3-6(11)5-13-7/h3-5H,2H2,1H3,(H3,12,14,15,16). The maximum absolute atomic E-state index is 12.8. The van der Waals surface area contributed by atoms with Crippen molar-refractivity contribution in [3.05, 3.63) is 29.8 Å². The van der Waals surface area contributed by atoms with Crippen LogP contribution in [0.2, 0.25) is 0 Å². The van der Waals surface area contributed by atoms with Crippen LogP contribution < -0.4 is 11.1 Å². The maximum atomic E-state index is 12.8. The number of carbonyl (C=O) groups is 1. The molecule has 1 aromatic heterocycles. The lowest BCUT2D eigenvalue weighted by Crippen LogP contribution is -2.39. The van der Waals surface area contributed by atoms with Crippen LogP contribution in [0, 0.1) is 5.82 Å². The molecule has 0 saturated heterocycles.